The molecule has 1 N–H and O–H groups in total. The quantitative estimate of drug-likeness (QED) is 0.696. The van der Waals surface area contributed by atoms with E-state index < -0.39 is 15.6 Å². The van der Waals surface area contributed by atoms with Gasteiger partial charge in [0.1, 0.15) is 0 Å². The smallest absolute Gasteiger partial charge is 0.241 e. The average Bonchev–Trinajstić information content (AvgIpc) is 2.35. The summed E-state index contributed by atoms with van der Waals surface area (Å²) < 4.78 is 27.4. The van der Waals surface area contributed by atoms with E-state index in [-0.39, 0.29) is 12.4 Å². The molecule has 0 fully saturated rings. The molecule has 1 aromatic carbocycles. The minimum atomic E-state index is -3.46. The third-order valence-electron chi connectivity index (χ3n) is 3.02. The topological polar surface area (TPSA) is 49.4 Å². The summed E-state index contributed by atoms with van der Waals surface area (Å²) in [6.45, 7) is 7.63. The van der Waals surface area contributed by atoms with Crippen LogP contribution >= 0.6 is 0 Å². The zero-order valence-electron chi connectivity index (χ0n) is 13.3. The molecule has 0 atom stereocenters. The van der Waals surface area contributed by atoms with E-state index in [0.29, 0.717) is 11.4 Å². The molecular formula is C15H26ClN2O2S-. The zero-order chi connectivity index (χ0) is 15.2. The fraction of sp³-hybridized carbons (Fsp3) is 0.600. The third kappa shape index (κ3) is 7.27. The van der Waals surface area contributed by atoms with E-state index in [4.69, 9.17) is 0 Å². The van der Waals surface area contributed by atoms with Gasteiger partial charge in [0.05, 0.1) is 4.90 Å². The Bertz CT molecular complexity index is 504. The van der Waals surface area contributed by atoms with Crippen LogP contribution in [0.15, 0.2) is 35.2 Å². The van der Waals surface area contributed by atoms with Gasteiger partial charge in [-0.15, -0.1) is 0 Å². The first kappa shape index (κ1) is 20.4. The Labute approximate surface area is 135 Å². The highest BCUT2D eigenvalue weighted by atomic mass is 35.5. The highest BCUT2D eigenvalue weighted by Crippen LogP contribution is 2.13. The molecule has 1 aromatic rings. The first-order valence-electron chi connectivity index (χ1n) is 7.04. The van der Waals surface area contributed by atoms with Crippen molar-refractivity contribution in [1.82, 2.24) is 9.62 Å². The monoisotopic (exact) mass is 333 g/mol. The van der Waals surface area contributed by atoms with Gasteiger partial charge in [0.2, 0.25) is 10.0 Å². The SMILES string of the molecule is CCCCN(C)CC(C)(C)NS(=O)(=O)c1ccccc1.[Cl-]. The molecule has 0 saturated heterocycles. The number of rotatable bonds is 8. The number of unbranched alkanes of at least 4 members (excludes halogenated alkanes) is 1. The number of nitrogens with zero attached hydrogens (tertiary/aromatic N) is 1. The van der Waals surface area contributed by atoms with Crippen molar-refractivity contribution in [2.24, 2.45) is 0 Å². The minimum absolute atomic E-state index is 0. The van der Waals surface area contributed by atoms with Crippen LogP contribution in [-0.2, 0) is 10.0 Å². The molecule has 0 unspecified atom stereocenters. The molecule has 0 spiro atoms. The Hall–Kier alpha value is -0.620. The van der Waals surface area contributed by atoms with E-state index in [1.165, 1.54) is 0 Å². The molecule has 0 aliphatic carbocycles. The third-order valence-corrected chi connectivity index (χ3v) is 4.74. The van der Waals surface area contributed by atoms with Crippen LogP contribution in [0, 0.1) is 0 Å². The lowest BCUT2D eigenvalue weighted by atomic mass is 10.1. The summed E-state index contributed by atoms with van der Waals surface area (Å²) in [5, 5.41) is 0. The zero-order valence-corrected chi connectivity index (χ0v) is 14.8. The standard InChI is InChI=1S/C15H26N2O2S.ClH/c1-5-6-12-17(4)13-15(2,3)16-20(18,19)14-10-8-7-9-11-14;/h7-11,16H,5-6,12-13H2,1-4H3;1H/p-1. The maximum atomic E-state index is 12.3. The number of hydrogen-bond donors (Lipinski definition) is 1. The summed E-state index contributed by atoms with van der Waals surface area (Å²) in [5.74, 6) is 0. The fourth-order valence-electron chi connectivity index (χ4n) is 2.24. The van der Waals surface area contributed by atoms with Gasteiger partial charge in [-0.3, -0.25) is 0 Å². The van der Waals surface area contributed by atoms with Gasteiger partial charge in [-0.25, -0.2) is 13.1 Å². The van der Waals surface area contributed by atoms with E-state index >= 15 is 0 Å². The lowest BCUT2D eigenvalue weighted by molar-refractivity contribution is -0.00000788. The van der Waals surface area contributed by atoms with E-state index in [2.05, 4.69) is 16.5 Å². The van der Waals surface area contributed by atoms with E-state index in [9.17, 15) is 8.42 Å². The molecule has 4 nitrogen and oxygen atoms in total. The maximum Gasteiger partial charge on any atom is 0.241 e. The molecule has 6 heteroatoms. The number of likely N-dealkylation sites (N-methyl/N-ethyl adjacent to an activating group) is 1. The predicted octanol–water partition coefficient (Wildman–Crippen LogP) is -0.521. The molecule has 21 heavy (non-hydrogen) atoms. The number of benzene rings is 1. The molecule has 0 aromatic heterocycles. The summed E-state index contributed by atoms with van der Waals surface area (Å²) in [4.78, 5) is 2.47. The molecule has 0 amide bonds. The van der Waals surface area contributed by atoms with Gasteiger partial charge in [0, 0.05) is 12.1 Å². The van der Waals surface area contributed by atoms with Crippen molar-refractivity contribution >= 4 is 10.0 Å². The van der Waals surface area contributed by atoms with Crippen LogP contribution in [0.2, 0.25) is 0 Å². The average molecular weight is 334 g/mol. The minimum Gasteiger partial charge on any atom is -1.00 e. The Balaban J connectivity index is 0.00000400. The molecule has 0 aliphatic rings. The first-order valence-corrected chi connectivity index (χ1v) is 8.53. The lowest BCUT2D eigenvalue weighted by Crippen LogP contribution is -3.00. The van der Waals surface area contributed by atoms with Crippen LogP contribution in [-0.4, -0.2) is 39.0 Å². The van der Waals surface area contributed by atoms with Gasteiger partial charge < -0.3 is 17.3 Å². The number of hydrogen-bond acceptors (Lipinski definition) is 3. The summed E-state index contributed by atoms with van der Waals surface area (Å²) in [5.41, 5.74) is -0.503. The Morgan fingerprint density at radius 3 is 2.29 bits per heavy atom. The van der Waals surface area contributed by atoms with Gasteiger partial charge >= 0.3 is 0 Å². The van der Waals surface area contributed by atoms with Crippen LogP contribution in [0.1, 0.15) is 33.6 Å². The summed E-state index contributed by atoms with van der Waals surface area (Å²) in [6, 6.07) is 8.49. The Morgan fingerprint density at radius 2 is 1.76 bits per heavy atom. The highest BCUT2D eigenvalue weighted by molar-refractivity contribution is 7.89. The Kier molecular flexibility index (Phi) is 8.48. The molecule has 0 bridgehead atoms. The van der Waals surface area contributed by atoms with E-state index in [1.54, 1.807) is 24.3 Å². The number of halogens is 1. The van der Waals surface area contributed by atoms with Gasteiger partial charge in [0.25, 0.3) is 0 Å². The van der Waals surface area contributed by atoms with Crippen molar-refractivity contribution in [3.05, 3.63) is 30.3 Å². The Morgan fingerprint density at radius 1 is 1.19 bits per heavy atom. The van der Waals surface area contributed by atoms with Crippen molar-refractivity contribution in [2.75, 3.05) is 20.1 Å². The van der Waals surface area contributed by atoms with Gasteiger partial charge in [0.15, 0.2) is 0 Å². The number of sulfonamides is 1. The summed E-state index contributed by atoms with van der Waals surface area (Å²) in [7, 11) is -1.44. The largest absolute Gasteiger partial charge is 1.00 e. The highest BCUT2D eigenvalue weighted by Gasteiger charge is 2.27. The molecule has 122 valence electrons. The van der Waals surface area contributed by atoms with Gasteiger partial charge in [-0.1, -0.05) is 31.5 Å². The van der Waals surface area contributed by atoms with E-state index in [0.717, 1.165) is 19.4 Å². The van der Waals surface area contributed by atoms with Crippen molar-refractivity contribution < 1.29 is 20.8 Å². The van der Waals surface area contributed by atoms with Crippen molar-refractivity contribution in [1.29, 1.82) is 0 Å². The van der Waals surface area contributed by atoms with Crippen LogP contribution < -0.4 is 17.1 Å². The normalized spacial score (nSPS) is 12.2. The van der Waals surface area contributed by atoms with Crippen LogP contribution in [0.25, 0.3) is 0 Å². The molecule has 0 radical (unpaired) electrons. The molecular weight excluding hydrogens is 308 g/mol. The molecule has 0 heterocycles. The second kappa shape index (κ2) is 8.73. The lowest BCUT2D eigenvalue weighted by Gasteiger charge is -2.31. The maximum absolute atomic E-state index is 12.3. The predicted molar refractivity (Wildman–Crippen MR) is 83.2 cm³/mol. The first-order chi connectivity index (χ1) is 9.27. The molecule has 0 saturated carbocycles. The number of nitrogens with one attached hydrogen (secondary N) is 1. The van der Waals surface area contributed by atoms with Crippen LogP contribution in [0.4, 0.5) is 0 Å². The molecule has 1 rings (SSSR count). The summed E-state index contributed by atoms with van der Waals surface area (Å²) in [6.07, 6.45) is 2.26. The fourth-order valence-corrected chi connectivity index (χ4v) is 3.66. The van der Waals surface area contributed by atoms with Crippen molar-refractivity contribution in [2.45, 2.75) is 44.0 Å². The van der Waals surface area contributed by atoms with Gasteiger partial charge in [-0.05, 0) is 46.0 Å². The van der Waals surface area contributed by atoms with Crippen LogP contribution in [0.3, 0.4) is 0 Å². The van der Waals surface area contributed by atoms with Gasteiger partial charge in [-0.2, -0.15) is 0 Å². The molecule has 0 aliphatic heterocycles. The van der Waals surface area contributed by atoms with Crippen molar-refractivity contribution in [3.8, 4) is 0 Å². The summed E-state index contributed by atoms with van der Waals surface area (Å²) >= 11 is 0. The second-order valence-electron chi connectivity index (χ2n) is 5.89. The van der Waals surface area contributed by atoms with E-state index in [1.807, 2.05) is 27.0 Å². The second-order valence-corrected chi connectivity index (χ2v) is 7.58. The van der Waals surface area contributed by atoms with Crippen LogP contribution in [0.5, 0.6) is 0 Å². The van der Waals surface area contributed by atoms with Crippen molar-refractivity contribution in [3.63, 3.8) is 0 Å².